The van der Waals surface area contributed by atoms with Crippen LogP contribution in [0.5, 0.6) is 11.5 Å². The summed E-state index contributed by atoms with van der Waals surface area (Å²) in [5.41, 5.74) is -1.12. The van der Waals surface area contributed by atoms with E-state index in [0.717, 1.165) is 0 Å². The molecule has 0 fully saturated rings. The van der Waals surface area contributed by atoms with Crippen LogP contribution in [0.25, 0.3) is 11.0 Å². The van der Waals surface area contributed by atoms with Gasteiger partial charge in [-0.05, 0) is 19.1 Å². The van der Waals surface area contributed by atoms with Gasteiger partial charge in [0.25, 0.3) is 0 Å². The first-order valence-electron chi connectivity index (χ1n) is 5.05. The monoisotopic (exact) mass is 234 g/mol. The van der Waals surface area contributed by atoms with Crippen LogP contribution in [0.2, 0.25) is 0 Å². The Morgan fingerprint density at radius 2 is 2.24 bits per heavy atom. The lowest BCUT2D eigenvalue weighted by Crippen LogP contribution is -2.07. The summed E-state index contributed by atoms with van der Waals surface area (Å²) < 4.78 is 10.2. The van der Waals surface area contributed by atoms with Gasteiger partial charge in [-0.1, -0.05) is 6.07 Å². The molecule has 0 unspecified atom stereocenters. The first kappa shape index (κ1) is 11.2. The van der Waals surface area contributed by atoms with E-state index < -0.39 is 5.63 Å². The molecule has 17 heavy (non-hydrogen) atoms. The van der Waals surface area contributed by atoms with E-state index in [1.54, 1.807) is 25.1 Å². The molecule has 0 aliphatic carbocycles. The quantitative estimate of drug-likeness (QED) is 0.646. The van der Waals surface area contributed by atoms with Gasteiger partial charge in [0.05, 0.1) is 12.0 Å². The Kier molecular flexibility index (Phi) is 2.82. The molecule has 1 N–H and O–H groups in total. The predicted octanol–water partition coefficient (Wildman–Crippen LogP) is 1.71. The number of benzene rings is 1. The first-order chi connectivity index (χ1) is 8.19. The fourth-order valence-electron chi connectivity index (χ4n) is 1.57. The van der Waals surface area contributed by atoms with Crippen molar-refractivity contribution in [3.8, 4) is 11.5 Å². The summed E-state index contributed by atoms with van der Waals surface area (Å²) in [4.78, 5) is 22.1. The Labute approximate surface area is 96.2 Å². The van der Waals surface area contributed by atoms with Crippen LogP contribution in [0.1, 0.15) is 17.3 Å². The smallest absolute Gasteiger partial charge is 0.350 e. The molecule has 5 heteroatoms. The van der Waals surface area contributed by atoms with Gasteiger partial charge in [0.1, 0.15) is 11.3 Å². The summed E-state index contributed by atoms with van der Waals surface area (Å²) in [6.07, 6.45) is 0.272. The molecular weight excluding hydrogens is 224 g/mol. The molecule has 2 aromatic rings. The van der Waals surface area contributed by atoms with Crippen molar-refractivity contribution < 1.29 is 19.1 Å². The van der Waals surface area contributed by atoms with E-state index in [9.17, 15) is 14.7 Å². The van der Waals surface area contributed by atoms with Crippen LogP contribution < -0.4 is 10.4 Å². The summed E-state index contributed by atoms with van der Waals surface area (Å²) in [7, 11) is 0. The van der Waals surface area contributed by atoms with Gasteiger partial charge in [-0.15, -0.1) is 0 Å². The molecule has 1 heterocycles. The second kappa shape index (κ2) is 4.29. The van der Waals surface area contributed by atoms with Crippen molar-refractivity contribution >= 4 is 17.3 Å². The van der Waals surface area contributed by atoms with E-state index in [1.165, 1.54) is 0 Å². The van der Waals surface area contributed by atoms with Crippen LogP contribution in [0, 0.1) is 0 Å². The zero-order valence-electron chi connectivity index (χ0n) is 9.10. The van der Waals surface area contributed by atoms with Gasteiger partial charge >= 0.3 is 5.63 Å². The molecule has 0 aliphatic heterocycles. The maximum absolute atomic E-state index is 11.4. The lowest BCUT2D eigenvalue weighted by Gasteiger charge is -2.07. The fourth-order valence-corrected chi connectivity index (χ4v) is 1.57. The van der Waals surface area contributed by atoms with E-state index >= 15 is 0 Å². The summed E-state index contributed by atoms with van der Waals surface area (Å²) >= 11 is 0. The predicted molar refractivity (Wildman–Crippen MR) is 60.7 cm³/mol. The Morgan fingerprint density at radius 3 is 2.88 bits per heavy atom. The molecular formula is C12H10O5. The van der Waals surface area contributed by atoms with Crippen LogP contribution in [-0.2, 0) is 0 Å². The maximum atomic E-state index is 11.4. The lowest BCUT2D eigenvalue weighted by atomic mass is 10.1. The second-order valence-corrected chi connectivity index (χ2v) is 3.34. The number of aldehydes is 1. The van der Waals surface area contributed by atoms with Crippen LogP contribution in [0.15, 0.2) is 27.4 Å². The molecule has 1 aromatic heterocycles. The molecule has 0 saturated heterocycles. The van der Waals surface area contributed by atoms with Gasteiger partial charge in [-0.3, -0.25) is 4.79 Å². The zero-order chi connectivity index (χ0) is 12.4. The third-order valence-corrected chi connectivity index (χ3v) is 2.32. The normalized spacial score (nSPS) is 10.4. The minimum Gasteiger partial charge on any atom is -0.506 e. The highest BCUT2D eigenvalue weighted by atomic mass is 16.5. The van der Waals surface area contributed by atoms with Gasteiger partial charge in [0.15, 0.2) is 17.6 Å². The minimum atomic E-state index is -0.878. The molecule has 0 radical (unpaired) electrons. The highest BCUT2D eigenvalue weighted by molar-refractivity contribution is 5.94. The summed E-state index contributed by atoms with van der Waals surface area (Å²) in [6.45, 7) is 2.19. The van der Waals surface area contributed by atoms with Crippen molar-refractivity contribution in [3.05, 3.63) is 34.2 Å². The van der Waals surface area contributed by atoms with E-state index in [1.807, 2.05) is 0 Å². The van der Waals surface area contributed by atoms with Crippen LogP contribution in [0.4, 0.5) is 0 Å². The fraction of sp³-hybridized carbons (Fsp3) is 0.167. The van der Waals surface area contributed by atoms with Crippen molar-refractivity contribution in [3.63, 3.8) is 0 Å². The molecule has 0 bridgehead atoms. The highest BCUT2D eigenvalue weighted by Crippen LogP contribution is 2.31. The number of para-hydroxylation sites is 1. The van der Waals surface area contributed by atoms with E-state index in [2.05, 4.69) is 0 Å². The molecule has 2 rings (SSSR count). The molecule has 1 aromatic carbocycles. The third-order valence-electron chi connectivity index (χ3n) is 2.32. The van der Waals surface area contributed by atoms with Crippen molar-refractivity contribution in [2.24, 2.45) is 0 Å². The van der Waals surface area contributed by atoms with Crippen molar-refractivity contribution in [1.29, 1.82) is 0 Å². The van der Waals surface area contributed by atoms with Gasteiger partial charge in [0.2, 0.25) is 0 Å². The molecule has 0 amide bonds. The Bertz CT molecular complexity index is 627. The van der Waals surface area contributed by atoms with Gasteiger partial charge < -0.3 is 14.3 Å². The van der Waals surface area contributed by atoms with Gasteiger partial charge in [-0.2, -0.15) is 0 Å². The van der Waals surface area contributed by atoms with Crippen molar-refractivity contribution in [2.75, 3.05) is 6.61 Å². The zero-order valence-corrected chi connectivity index (χ0v) is 9.10. The number of carbonyl (C=O) groups excluding carboxylic acids is 1. The third kappa shape index (κ3) is 1.75. The Hall–Kier alpha value is -2.30. The number of rotatable bonds is 3. The number of carbonyl (C=O) groups is 1. The number of aromatic hydroxyl groups is 1. The van der Waals surface area contributed by atoms with Gasteiger partial charge in [0, 0.05) is 0 Å². The highest BCUT2D eigenvalue weighted by Gasteiger charge is 2.15. The summed E-state index contributed by atoms with van der Waals surface area (Å²) in [5, 5.41) is 10.1. The van der Waals surface area contributed by atoms with Crippen molar-refractivity contribution in [2.45, 2.75) is 6.92 Å². The molecule has 88 valence electrons. The average Bonchev–Trinajstić information content (AvgIpc) is 2.31. The lowest BCUT2D eigenvalue weighted by molar-refractivity contribution is 0.111. The Morgan fingerprint density at radius 1 is 1.47 bits per heavy atom. The van der Waals surface area contributed by atoms with E-state index in [0.29, 0.717) is 12.4 Å². The molecule has 0 spiro atoms. The van der Waals surface area contributed by atoms with Crippen LogP contribution in [0.3, 0.4) is 0 Å². The largest absolute Gasteiger partial charge is 0.506 e. The standard InChI is InChI=1S/C12H10O5/c1-2-16-9-5-3-4-7-10(14)8(6-13)12(15)17-11(7)9/h3-6,14H,2H2,1H3. The number of hydrogen-bond donors (Lipinski definition) is 1. The van der Waals surface area contributed by atoms with Crippen molar-refractivity contribution in [1.82, 2.24) is 0 Å². The molecule has 5 nitrogen and oxygen atoms in total. The van der Waals surface area contributed by atoms with Crippen LogP contribution >= 0.6 is 0 Å². The Balaban J connectivity index is 2.85. The maximum Gasteiger partial charge on any atom is 0.350 e. The molecule has 0 saturated carbocycles. The summed E-state index contributed by atoms with van der Waals surface area (Å²) in [5.74, 6) is -0.0253. The topological polar surface area (TPSA) is 76.7 Å². The van der Waals surface area contributed by atoms with E-state index in [-0.39, 0.29) is 28.6 Å². The number of hydrogen-bond acceptors (Lipinski definition) is 5. The van der Waals surface area contributed by atoms with Crippen LogP contribution in [-0.4, -0.2) is 18.0 Å². The molecule has 0 atom stereocenters. The minimum absolute atomic E-state index is 0.141. The number of fused-ring (bicyclic) bond motifs is 1. The molecule has 0 aliphatic rings. The van der Waals surface area contributed by atoms with E-state index in [4.69, 9.17) is 9.15 Å². The second-order valence-electron chi connectivity index (χ2n) is 3.34. The SMILES string of the molecule is CCOc1cccc2c(O)c(C=O)c(=O)oc12. The average molecular weight is 234 g/mol. The summed E-state index contributed by atoms with van der Waals surface area (Å²) in [6, 6.07) is 4.81. The first-order valence-corrected chi connectivity index (χ1v) is 5.05. The number of ether oxygens (including phenoxy) is 1. The van der Waals surface area contributed by atoms with Gasteiger partial charge in [-0.25, -0.2) is 4.79 Å².